The van der Waals surface area contributed by atoms with E-state index < -0.39 is 4.92 Å². The molecule has 0 saturated carbocycles. The molecule has 1 amide bonds. The van der Waals surface area contributed by atoms with Crippen LogP contribution in [0, 0.1) is 10.1 Å². The lowest BCUT2D eigenvalue weighted by molar-refractivity contribution is -0.385. The Morgan fingerprint density at radius 3 is 2.70 bits per heavy atom. The Bertz CT molecular complexity index is 496. The average Bonchev–Trinajstić information content (AvgIpc) is 2.41. The van der Waals surface area contributed by atoms with Gasteiger partial charge in [-0.2, -0.15) is 0 Å². The van der Waals surface area contributed by atoms with E-state index in [0.29, 0.717) is 5.56 Å². The molecule has 0 aromatic heterocycles. The van der Waals surface area contributed by atoms with Crippen molar-refractivity contribution in [3.8, 4) is 0 Å². The predicted molar refractivity (Wildman–Crippen MR) is 75.5 cm³/mol. The molecule has 1 aliphatic rings. The topological polar surface area (TPSA) is 75.5 Å². The molecule has 6 heteroatoms. The number of likely N-dealkylation sites (tertiary alicyclic amines) is 1. The third-order valence-electron chi connectivity index (χ3n) is 3.62. The fraction of sp³-hybridized carbons (Fsp3) is 0.500. The van der Waals surface area contributed by atoms with E-state index >= 15 is 0 Å². The van der Waals surface area contributed by atoms with Crippen molar-refractivity contribution in [3.63, 3.8) is 0 Å². The van der Waals surface area contributed by atoms with Crippen LogP contribution in [0.4, 0.5) is 5.69 Å². The number of hydrogen-bond acceptors (Lipinski definition) is 4. The number of nitrogens with one attached hydrogen (secondary N) is 1. The smallest absolute Gasteiger partial charge is 0.273 e. The van der Waals surface area contributed by atoms with E-state index in [-0.39, 0.29) is 24.1 Å². The molecule has 0 radical (unpaired) electrons. The summed E-state index contributed by atoms with van der Waals surface area (Å²) in [6.45, 7) is 1.94. The largest absolute Gasteiger partial charge is 0.353 e. The molecule has 1 aromatic rings. The minimum absolute atomic E-state index is 0.00558. The summed E-state index contributed by atoms with van der Waals surface area (Å²) < 4.78 is 0. The van der Waals surface area contributed by atoms with Crippen LogP contribution in [0.25, 0.3) is 0 Å². The van der Waals surface area contributed by atoms with Crippen molar-refractivity contribution in [2.24, 2.45) is 0 Å². The first kappa shape index (κ1) is 14.5. The second-order valence-electron chi connectivity index (χ2n) is 5.21. The number of nitrogens with zero attached hydrogens (tertiary/aromatic N) is 2. The van der Waals surface area contributed by atoms with Gasteiger partial charge in [0.1, 0.15) is 0 Å². The van der Waals surface area contributed by atoms with Crippen LogP contribution in [0.5, 0.6) is 0 Å². The lowest BCUT2D eigenvalue weighted by Crippen LogP contribution is -2.43. The Kier molecular flexibility index (Phi) is 4.68. The van der Waals surface area contributed by atoms with E-state index in [2.05, 4.69) is 17.3 Å². The van der Waals surface area contributed by atoms with Crippen molar-refractivity contribution in [1.82, 2.24) is 10.2 Å². The molecule has 0 atom stereocenters. The second kappa shape index (κ2) is 6.47. The number of carbonyl (C=O) groups excluding carboxylic acids is 1. The summed E-state index contributed by atoms with van der Waals surface area (Å²) in [5, 5.41) is 13.9. The van der Waals surface area contributed by atoms with Gasteiger partial charge in [-0.15, -0.1) is 0 Å². The maximum absolute atomic E-state index is 12.0. The fourth-order valence-electron chi connectivity index (χ4n) is 2.44. The predicted octanol–water partition coefficient (Wildman–Crippen LogP) is 1.35. The Labute approximate surface area is 117 Å². The SMILES string of the molecule is CN1CCC(NC(=O)Cc2ccccc2[N+](=O)[O-])CC1. The number of benzene rings is 1. The van der Waals surface area contributed by atoms with Crippen LogP contribution in [-0.2, 0) is 11.2 Å². The number of nitro groups is 1. The molecular weight excluding hydrogens is 258 g/mol. The summed E-state index contributed by atoms with van der Waals surface area (Å²) in [6, 6.07) is 6.56. The number of nitro benzene ring substituents is 1. The molecule has 0 aliphatic carbocycles. The van der Waals surface area contributed by atoms with Crippen molar-refractivity contribution < 1.29 is 9.72 Å². The molecule has 0 unspecified atom stereocenters. The summed E-state index contributed by atoms with van der Waals surface area (Å²) in [6.07, 6.45) is 1.92. The zero-order valence-corrected chi connectivity index (χ0v) is 11.5. The Morgan fingerprint density at radius 1 is 1.40 bits per heavy atom. The van der Waals surface area contributed by atoms with Gasteiger partial charge in [0.05, 0.1) is 11.3 Å². The molecule has 1 aromatic carbocycles. The monoisotopic (exact) mass is 277 g/mol. The number of piperidine rings is 1. The molecular formula is C14H19N3O3. The zero-order chi connectivity index (χ0) is 14.5. The molecule has 20 heavy (non-hydrogen) atoms. The second-order valence-corrected chi connectivity index (χ2v) is 5.21. The van der Waals surface area contributed by atoms with Crippen LogP contribution >= 0.6 is 0 Å². The quantitative estimate of drug-likeness (QED) is 0.666. The van der Waals surface area contributed by atoms with Gasteiger partial charge in [0.25, 0.3) is 5.69 Å². The van der Waals surface area contributed by atoms with Gasteiger partial charge in [0.15, 0.2) is 0 Å². The molecule has 1 heterocycles. The normalized spacial score (nSPS) is 16.9. The van der Waals surface area contributed by atoms with Crippen molar-refractivity contribution in [3.05, 3.63) is 39.9 Å². The van der Waals surface area contributed by atoms with E-state index in [1.807, 2.05) is 0 Å². The van der Waals surface area contributed by atoms with Crippen LogP contribution in [0.15, 0.2) is 24.3 Å². The van der Waals surface area contributed by atoms with Crippen LogP contribution in [0.3, 0.4) is 0 Å². The highest BCUT2D eigenvalue weighted by atomic mass is 16.6. The minimum Gasteiger partial charge on any atom is -0.353 e. The number of rotatable bonds is 4. The van der Waals surface area contributed by atoms with Crippen LogP contribution < -0.4 is 5.32 Å². The highest BCUT2D eigenvalue weighted by Gasteiger charge is 2.20. The van der Waals surface area contributed by atoms with Gasteiger partial charge >= 0.3 is 0 Å². The summed E-state index contributed by atoms with van der Waals surface area (Å²) in [4.78, 5) is 24.7. The van der Waals surface area contributed by atoms with Gasteiger partial charge in [-0.1, -0.05) is 18.2 Å². The molecule has 1 fully saturated rings. The fourth-order valence-corrected chi connectivity index (χ4v) is 2.44. The Hall–Kier alpha value is -1.95. The van der Waals surface area contributed by atoms with Crippen molar-refractivity contribution in [2.45, 2.75) is 25.3 Å². The van der Waals surface area contributed by atoms with E-state index in [0.717, 1.165) is 25.9 Å². The van der Waals surface area contributed by atoms with E-state index in [9.17, 15) is 14.9 Å². The van der Waals surface area contributed by atoms with Gasteiger partial charge in [0, 0.05) is 17.7 Å². The Morgan fingerprint density at radius 2 is 2.05 bits per heavy atom. The van der Waals surface area contributed by atoms with Gasteiger partial charge in [-0.25, -0.2) is 0 Å². The summed E-state index contributed by atoms with van der Waals surface area (Å²) in [7, 11) is 2.06. The molecule has 6 nitrogen and oxygen atoms in total. The lowest BCUT2D eigenvalue weighted by Gasteiger charge is -2.29. The summed E-state index contributed by atoms with van der Waals surface area (Å²) in [5.41, 5.74) is 0.467. The number of hydrogen-bond donors (Lipinski definition) is 1. The standard InChI is InChI=1S/C14H19N3O3/c1-16-8-6-12(7-9-16)15-14(18)10-11-4-2-3-5-13(11)17(19)20/h2-5,12H,6-10H2,1H3,(H,15,18). The van der Waals surface area contributed by atoms with Crippen LogP contribution in [0.1, 0.15) is 18.4 Å². The first-order chi connectivity index (χ1) is 9.56. The highest BCUT2D eigenvalue weighted by molar-refractivity contribution is 5.80. The van der Waals surface area contributed by atoms with E-state index in [4.69, 9.17) is 0 Å². The number of para-hydroxylation sites is 1. The zero-order valence-electron chi connectivity index (χ0n) is 11.5. The molecule has 1 saturated heterocycles. The van der Waals surface area contributed by atoms with Crippen molar-refractivity contribution in [2.75, 3.05) is 20.1 Å². The molecule has 0 spiro atoms. The van der Waals surface area contributed by atoms with Gasteiger partial charge in [-0.3, -0.25) is 14.9 Å². The van der Waals surface area contributed by atoms with Crippen LogP contribution in [-0.4, -0.2) is 41.9 Å². The maximum Gasteiger partial charge on any atom is 0.273 e. The summed E-state index contributed by atoms with van der Waals surface area (Å²) in [5.74, 6) is -0.145. The van der Waals surface area contributed by atoms with Crippen LogP contribution in [0.2, 0.25) is 0 Å². The molecule has 2 rings (SSSR count). The van der Waals surface area contributed by atoms with Crippen molar-refractivity contribution >= 4 is 11.6 Å². The first-order valence-corrected chi connectivity index (χ1v) is 6.76. The molecule has 1 N–H and O–H groups in total. The molecule has 1 aliphatic heterocycles. The van der Waals surface area contributed by atoms with E-state index in [1.165, 1.54) is 6.07 Å². The minimum atomic E-state index is -0.446. The van der Waals surface area contributed by atoms with Crippen molar-refractivity contribution in [1.29, 1.82) is 0 Å². The van der Waals surface area contributed by atoms with Gasteiger partial charge in [-0.05, 0) is 33.0 Å². The van der Waals surface area contributed by atoms with Gasteiger partial charge < -0.3 is 10.2 Å². The number of amides is 1. The van der Waals surface area contributed by atoms with Gasteiger partial charge in [0.2, 0.25) is 5.91 Å². The highest BCUT2D eigenvalue weighted by Crippen LogP contribution is 2.18. The number of carbonyl (C=O) groups is 1. The average molecular weight is 277 g/mol. The maximum atomic E-state index is 12.0. The van der Waals surface area contributed by atoms with E-state index in [1.54, 1.807) is 18.2 Å². The third-order valence-corrected chi connectivity index (χ3v) is 3.62. The third kappa shape index (κ3) is 3.77. The first-order valence-electron chi connectivity index (χ1n) is 6.76. The summed E-state index contributed by atoms with van der Waals surface area (Å²) >= 11 is 0. The lowest BCUT2D eigenvalue weighted by atomic mass is 10.0. The molecule has 0 bridgehead atoms. The Balaban J connectivity index is 1.93. The molecule has 108 valence electrons.